The summed E-state index contributed by atoms with van der Waals surface area (Å²) in [4.78, 5) is 30.9. The number of carbonyl (C=O) groups is 2. The van der Waals surface area contributed by atoms with Crippen LogP contribution in [-0.4, -0.2) is 34.9 Å². The number of carbonyl (C=O) groups excluding carboxylic acids is 2. The van der Waals surface area contributed by atoms with E-state index in [1.807, 2.05) is 20.8 Å². The van der Waals surface area contributed by atoms with Gasteiger partial charge >= 0.3 is 6.03 Å². The molecule has 8 heteroatoms. The van der Waals surface area contributed by atoms with Crippen LogP contribution >= 0.6 is 0 Å². The van der Waals surface area contributed by atoms with Crippen LogP contribution in [0.4, 0.5) is 14.9 Å². The van der Waals surface area contributed by atoms with Gasteiger partial charge in [-0.3, -0.25) is 9.78 Å². The third kappa shape index (κ3) is 4.23. The smallest absolute Gasteiger partial charge is 0.319 e. The molecule has 7 nitrogen and oxygen atoms in total. The fourth-order valence-electron chi connectivity index (χ4n) is 3.68. The molecule has 3 aromatic rings. The molecule has 1 aromatic carbocycles. The lowest BCUT2D eigenvalue weighted by Crippen LogP contribution is -2.42. The fourth-order valence-corrected chi connectivity index (χ4v) is 3.68. The molecule has 0 unspecified atom stereocenters. The maximum atomic E-state index is 13.6. The molecular weight excluding hydrogens is 399 g/mol. The number of urea groups is 1. The Balaban J connectivity index is 1.51. The number of hydrogen-bond donors (Lipinski definition) is 2. The highest BCUT2D eigenvalue weighted by atomic mass is 19.1. The van der Waals surface area contributed by atoms with E-state index < -0.39 is 12.1 Å². The van der Waals surface area contributed by atoms with Crippen molar-refractivity contribution in [3.05, 3.63) is 59.4 Å². The van der Waals surface area contributed by atoms with Crippen LogP contribution in [0, 0.1) is 18.7 Å². The Morgan fingerprint density at radius 1 is 1.19 bits per heavy atom. The van der Waals surface area contributed by atoms with Gasteiger partial charge in [-0.2, -0.15) is 0 Å². The number of nitrogens with zero attached hydrogens (tertiary/aromatic N) is 2. The molecule has 3 heterocycles. The van der Waals surface area contributed by atoms with Crippen molar-refractivity contribution in [3.8, 4) is 0 Å². The first kappa shape index (κ1) is 20.8. The molecule has 2 aromatic heterocycles. The predicted octanol–water partition coefficient (Wildman–Crippen LogP) is 4.64. The molecule has 4 rings (SSSR count). The van der Waals surface area contributed by atoms with Crippen LogP contribution in [0.3, 0.4) is 0 Å². The molecule has 2 N–H and O–H groups in total. The molecule has 1 atom stereocenters. The molecule has 0 bridgehead atoms. The largest absolute Gasteiger partial charge is 0.459 e. The topological polar surface area (TPSA) is 87.5 Å². The molecule has 3 amide bonds. The number of halogens is 1. The second-order valence-corrected chi connectivity index (χ2v) is 8.16. The Kier molecular flexibility index (Phi) is 5.63. The van der Waals surface area contributed by atoms with Crippen LogP contribution in [0.25, 0.3) is 11.0 Å². The molecule has 0 spiro atoms. The number of pyridine rings is 1. The van der Waals surface area contributed by atoms with Crippen molar-refractivity contribution in [1.82, 2.24) is 15.2 Å². The minimum atomic E-state index is -0.444. The summed E-state index contributed by atoms with van der Waals surface area (Å²) in [5, 5.41) is 6.36. The number of benzene rings is 1. The summed E-state index contributed by atoms with van der Waals surface area (Å²) in [6.07, 6.45) is 3.99. The lowest BCUT2D eigenvalue weighted by molar-refractivity contribution is 0.0651. The van der Waals surface area contributed by atoms with Gasteiger partial charge in [0.1, 0.15) is 17.2 Å². The highest BCUT2D eigenvalue weighted by Gasteiger charge is 2.26. The zero-order valence-electron chi connectivity index (χ0n) is 17.7. The van der Waals surface area contributed by atoms with Gasteiger partial charge in [0.15, 0.2) is 0 Å². The number of rotatable bonds is 5. The highest BCUT2D eigenvalue weighted by Crippen LogP contribution is 2.33. The Labute approximate surface area is 179 Å². The number of hydrogen-bond acceptors (Lipinski definition) is 4. The third-order valence-electron chi connectivity index (χ3n) is 5.56. The summed E-state index contributed by atoms with van der Waals surface area (Å²) < 4.78 is 19.6. The first-order valence-electron chi connectivity index (χ1n) is 10.3. The average Bonchev–Trinajstić information content (AvgIpc) is 3.00. The molecule has 31 heavy (non-hydrogen) atoms. The number of fused-ring (bicyclic) bond motifs is 1. The lowest BCUT2D eigenvalue weighted by atomic mass is 9.98. The minimum Gasteiger partial charge on any atom is -0.459 e. The number of aromatic nitrogens is 1. The first-order chi connectivity index (χ1) is 14.8. The number of nitrogens with one attached hydrogen (secondary N) is 2. The molecule has 0 aliphatic carbocycles. The zero-order chi connectivity index (χ0) is 22.1. The van der Waals surface area contributed by atoms with Gasteiger partial charge in [0.25, 0.3) is 5.91 Å². The van der Waals surface area contributed by atoms with E-state index in [2.05, 4.69) is 15.6 Å². The molecular formula is C23H25FN4O3. The van der Waals surface area contributed by atoms with Crippen LogP contribution in [0.1, 0.15) is 48.0 Å². The number of aryl methyl sites for hydroxylation is 1. The van der Waals surface area contributed by atoms with E-state index in [0.717, 1.165) is 25.1 Å². The lowest BCUT2D eigenvalue weighted by Gasteiger charge is -2.30. The van der Waals surface area contributed by atoms with E-state index in [4.69, 9.17) is 4.42 Å². The van der Waals surface area contributed by atoms with Crippen LogP contribution in [0.2, 0.25) is 0 Å². The van der Waals surface area contributed by atoms with Crippen molar-refractivity contribution in [1.29, 1.82) is 0 Å². The van der Waals surface area contributed by atoms with Gasteiger partial charge in [-0.1, -0.05) is 13.8 Å². The molecule has 0 saturated carbocycles. The number of anilines is 1. The second kappa shape index (κ2) is 8.37. The maximum Gasteiger partial charge on any atom is 0.319 e. The molecule has 1 aliphatic heterocycles. The summed E-state index contributed by atoms with van der Waals surface area (Å²) in [5.41, 5.74) is 2.23. The minimum absolute atomic E-state index is 0.0207. The zero-order valence-corrected chi connectivity index (χ0v) is 17.7. The normalized spacial score (nSPS) is 14.4. The number of likely N-dealkylation sites (tertiary alicyclic amines) is 1. The van der Waals surface area contributed by atoms with Gasteiger partial charge in [0.2, 0.25) is 0 Å². The Morgan fingerprint density at radius 3 is 2.65 bits per heavy atom. The van der Waals surface area contributed by atoms with E-state index in [0.29, 0.717) is 28.0 Å². The van der Waals surface area contributed by atoms with Gasteiger partial charge in [0.05, 0.1) is 23.5 Å². The monoisotopic (exact) mass is 424 g/mol. The quantitative estimate of drug-likeness (QED) is 0.625. The Bertz CT molecular complexity index is 1140. The summed E-state index contributed by atoms with van der Waals surface area (Å²) in [6.45, 7) is 7.27. The molecule has 1 aliphatic rings. The maximum absolute atomic E-state index is 13.6. The summed E-state index contributed by atoms with van der Waals surface area (Å²) >= 11 is 0. The number of furan rings is 1. The van der Waals surface area contributed by atoms with Crippen molar-refractivity contribution in [2.75, 3.05) is 18.4 Å². The van der Waals surface area contributed by atoms with Gasteiger partial charge in [-0.15, -0.1) is 0 Å². The van der Waals surface area contributed by atoms with Crippen molar-refractivity contribution in [2.24, 2.45) is 5.92 Å². The van der Waals surface area contributed by atoms with E-state index in [1.165, 1.54) is 24.5 Å². The van der Waals surface area contributed by atoms with E-state index in [-0.39, 0.29) is 17.6 Å². The molecule has 1 saturated heterocycles. The van der Waals surface area contributed by atoms with E-state index in [1.54, 1.807) is 17.0 Å². The summed E-state index contributed by atoms with van der Waals surface area (Å²) in [7, 11) is 0. The van der Waals surface area contributed by atoms with Gasteiger partial charge in [-0.05, 0) is 43.5 Å². The van der Waals surface area contributed by atoms with Crippen LogP contribution in [0.5, 0.6) is 0 Å². The summed E-state index contributed by atoms with van der Waals surface area (Å²) in [6, 6.07) is 5.12. The van der Waals surface area contributed by atoms with Crippen LogP contribution in [0.15, 0.2) is 41.1 Å². The fraction of sp³-hybridized carbons (Fsp3) is 0.348. The third-order valence-corrected chi connectivity index (χ3v) is 5.56. The van der Waals surface area contributed by atoms with Gasteiger partial charge < -0.3 is 20.0 Å². The second-order valence-electron chi connectivity index (χ2n) is 8.16. The van der Waals surface area contributed by atoms with Gasteiger partial charge in [-0.25, -0.2) is 9.18 Å². The molecule has 0 radical (unpaired) electrons. The van der Waals surface area contributed by atoms with Crippen molar-refractivity contribution >= 4 is 28.6 Å². The summed E-state index contributed by atoms with van der Waals surface area (Å²) in [5.74, 6) is 0.181. The first-order valence-corrected chi connectivity index (χ1v) is 10.3. The van der Waals surface area contributed by atoms with Crippen molar-refractivity contribution < 1.29 is 18.4 Å². The average molecular weight is 424 g/mol. The van der Waals surface area contributed by atoms with Crippen molar-refractivity contribution in [2.45, 2.75) is 33.2 Å². The van der Waals surface area contributed by atoms with Crippen LogP contribution in [-0.2, 0) is 0 Å². The molecule has 162 valence electrons. The standard InChI is InChI=1S/C23H25FN4O3/c1-13(2)20(21-14(3)18-10-16(24)5-6-19(18)31-21)27-23(30)26-17-9-15(11-25-12-17)22(29)28-7-4-8-28/h5-6,9-13,20H,4,7-8H2,1-3H3,(H2,26,27,30)/t20-/m0/s1. The SMILES string of the molecule is Cc1c([C@@H](NC(=O)Nc2cncc(C(=O)N3CCC3)c2)C(C)C)oc2ccc(F)cc12. The Morgan fingerprint density at radius 2 is 1.97 bits per heavy atom. The highest BCUT2D eigenvalue weighted by molar-refractivity contribution is 5.97. The molecule has 1 fully saturated rings. The van der Waals surface area contributed by atoms with Gasteiger partial charge in [0, 0.05) is 30.2 Å². The van der Waals surface area contributed by atoms with E-state index >= 15 is 0 Å². The van der Waals surface area contributed by atoms with Crippen molar-refractivity contribution in [3.63, 3.8) is 0 Å². The Hall–Kier alpha value is -3.42. The van der Waals surface area contributed by atoms with Crippen LogP contribution < -0.4 is 10.6 Å². The number of amides is 3. The predicted molar refractivity (Wildman–Crippen MR) is 115 cm³/mol. The van der Waals surface area contributed by atoms with E-state index in [9.17, 15) is 14.0 Å².